The Hall–Kier alpha value is -3.55. The number of hydrogen-bond acceptors (Lipinski definition) is 6. The zero-order valence-corrected chi connectivity index (χ0v) is 16.1. The van der Waals surface area contributed by atoms with Crippen LogP contribution in [-0.2, 0) is 0 Å². The number of carbonyl (C=O) groups is 2. The van der Waals surface area contributed by atoms with Crippen LogP contribution >= 0.6 is 0 Å². The molecule has 1 aromatic carbocycles. The van der Waals surface area contributed by atoms with Gasteiger partial charge in [0.2, 0.25) is 0 Å². The molecule has 3 heterocycles. The van der Waals surface area contributed by atoms with Crippen molar-refractivity contribution < 1.29 is 14.1 Å². The topological polar surface area (TPSA) is 92.4 Å². The van der Waals surface area contributed by atoms with Crippen LogP contribution in [0.25, 0.3) is 0 Å². The summed E-state index contributed by atoms with van der Waals surface area (Å²) in [4.78, 5) is 38.0. The second-order valence-corrected chi connectivity index (χ2v) is 6.91. The number of benzene rings is 1. The van der Waals surface area contributed by atoms with Crippen LogP contribution < -0.4 is 0 Å². The smallest absolute Gasteiger partial charge is 0.255 e. The molecule has 0 saturated carbocycles. The van der Waals surface area contributed by atoms with E-state index in [2.05, 4.69) is 15.1 Å². The van der Waals surface area contributed by atoms with E-state index in [0.717, 1.165) is 0 Å². The van der Waals surface area contributed by atoms with E-state index in [-0.39, 0.29) is 18.4 Å². The van der Waals surface area contributed by atoms with Gasteiger partial charge in [0.15, 0.2) is 5.82 Å². The van der Waals surface area contributed by atoms with Gasteiger partial charge in [0.05, 0.1) is 12.1 Å². The fraction of sp³-hybridized carbons (Fsp3) is 0.286. The van der Waals surface area contributed by atoms with Crippen molar-refractivity contribution >= 4 is 11.8 Å². The SMILES string of the molecule is Cc1noc(C2CN(C(=O)c3cccnc3)CCCN2C(=O)c2ccccc2)n1. The van der Waals surface area contributed by atoms with Crippen LogP contribution in [0.4, 0.5) is 0 Å². The first-order valence-corrected chi connectivity index (χ1v) is 9.49. The number of amides is 2. The first-order valence-electron chi connectivity index (χ1n) is 9.49. The molecule has 2 aromatic heterocycles. The molecule has 148 valence electrons. The highest BCUT2D eigenvalue weighted by Crippen LogP contribution is 2.26. The van der Waals surface area contributed by atoms with Crippen LogP contribution in [0.5, 0.6) is 0 Å². The lowest BCUT2D eigenvalue weighted by atomic mass is 10.1. The highest BCUT2D eigenvalue weighted by Gasteiger charge is 2.35. The number of carbonyl (C=O) groups excluding carboxylic acids is 2. The molecule has 1 aliphatic rings. The van der Waals surface area contributed by atoms with Gasteiger partial charge in [0, 0.05) is 31.0 Å². The molecule has 4 rings (SSSR count). The zero-order valence-electron chi connectivity index (χ0n) is 16.1. The average molecular weight is 391 g/mol. The van der Waals surface area contributed by atoms with Crippen molar-refractivity contribution in [1.82, 2.24) is 24.9 Å². The van der Waals surface area contributed by atoms with Crippen molar-refractivity contribution in [2.75, 3.05) is 19.6 Å². The quantitative estimate of drug-likeness (QED) is 0.681. The minimum absolute atomic E-state index is 0.123. The number of nitrogens with zero attached hydrogens (tertiary/aromatic N) is 5. The molecule has 0 radical (unpaired) electrons. The Kier molecular flexibility index (Phi) is 5.33. The summed E-state index contributed by atoms with van der Waals surface area (Å²) in [7, 11) is 0. The van der Waals surface area contributed by atoms with Gasteiger partial charge in [-0.1, -0.05) is 23.4 Å². The largest absolute Gasteiger partial charge is 0.337 e. The fourth-order valence-electron chi connectivity index (χ4n) is 3.49. The van der Waals surface area contributed by atoms with E-state index < -0.39 is 6.04 Å². The summed E-state index contributed by atoms with van der Waals surface area (Å²) in [5.41, 5.74) is 1.09. The molecule has 0 spiro atoms. The first kappa shape index (κ1) is 18.8. The van der Waals surface area contributed by atoms with E-state index in [4.69, 9.17) is 4.52 Å². The third-order valence-corrected chi connectivity index (χ3v) is 4.90. The van der Waals surface area contributed by atoms with Gasteiger partial charge in [-0.2, -0.15) is 4.98 Å². The van der Waals surface area contributed by atoms with E-state index in [9.17, 15) is 9.59 Å². The summed E-state index contributed by atoms with van der Waals surface area (Å²) in [6.45, 7) is 3.01. The van der Waals surface area contributed by atoms with E-state index in [1.807, 2.05) is 18.2 Å². The maximum absolute atomic E-state index is 13.2. The molecule has 8 nitrogen and oxygen atoms in total. The molecule has 29 heavy (non-hydrogen) atoms. The number of rotatable bonds is 3. The van der Waals surface area contributed by atoms with E-state index in [1.54, 1.807) is 53.4 Å². The average Bonchev–Trinajstić information content (AvgIpc) is 3.07. The molecule has 1 aliphatic heterocycles. The first-order chi connectivity index (χ1) is 14.1. The molecule has 1 unspecified atom stereocenters. The number of aryl methyl sites for hydroxylation is 1. The molecule has 8 heteroatoms. The molecule has 2 amide bonds. The Morgan fingerprint density at radius 3 is 2.52 bits per heavy atom. The van der Waals surface area contributed by atoms with Crippen molar-refractivity contribution in [3.63, 3.8) is 0 Å². The fourth-order valence-corrected chi connectivity index (χ4v) is 3.49. The molecule has 0 aliphatic carbocycles. The van der Waals surface area contributed by atoms with Crippen LogP contribution in [-0.4, -0.2) is 56.4 Å². The van der Waals surface area contributed by atoms with Gasteiger partial charge in [-0.3, -0.25) is 14.6 Å². The lowest BCUT2D eigenvalue weighted by Crippen LogP contribution is -2.40. The van der Waals surface area contributed by atoms with Crippen LogP contribution in [0.2, 0.25) is 0 Å². The van der Waals surface area contributed by atoms with E-state index >= 15 is 0 Å². The summed E-state index contributed by atoms with van der Waals surface area (Å²) in [6.07, 6.45) is 3.82. The van der Waals surface area contributed by atoms with Crippen LogP contribution in [0.15, 0.2) is 59.4 Å². The van der Waals surface area contributed by atoms with Crippen molar-refractivity contribution in [3.8, 4) is 0 Å². The van der Waals surface area contributed by atoms with Gasteiger partial charge >= 0.3 is 0 Å². The third kappa shape index (κ3) is 4.01. The van der Waals surface area contributed by atoms with Crippen molar-refractivity contribution in [3.05, 3.63) is 77.7 Å². The van der Waals surface area contributed by atoms with E-state index in [1.165, 1.54) is 0 Å². The molecule has 0 N–H and O–H groups in total. The number of hydrogen-bond donors (Lipinski definition) is 0. The van der Waals surface area contributed by atoms with Gasteiger partial charge in [-0.25, -0.2) is 0 Å². The Labute approximate surface area is 168 Å². The van der Waals surface area contributed by atoms with Crippen molar-refractivity contribution in [2.24, 2.45) is 0 Å². The van der Waals surface area contributed by atoms with Crippen LogP contribution in [0, 0.1) is 6.92 Å². The molecule has 1 saturated heterocycles. The van der Waals surface area contributed by atoms with Gasteiger partial charge in [0.25, 0.3) is 17.7 Å². The normalized spacial score (nSPS) is 17.1. The second kappa shape index (κ2) is 8.22. The Morgan fingerprint density at radius 2 is 1.83 bits per heavy atom. The van der Waals surface area contributed by atoms with Gasteiger partial charge in [-0.05, 0) is 37.6 Å². The predicted molar refractivity (Wildman–Crippen MR) is 104 cm³/mol. The van der Waals surface area contributed by atoms with Crippen molar-refractivity contribution in [2.45, 2.75) is 19.4 Å². The lowest BCUT2D eigenvalue weighted by molar-refractivity contribution is 0.0592. The minimum atomic E-state index is -0.521. The monoisotopic (exact) mass is 391 g/mol. The Morgan fingerprint density at radius 1 is 1.03 bits per heavy atom. The minimum Gasteiger partial charge on any atom is -0.337 e. The highest BCUT2D eigenvalue weighted by molar-refractivity contribution is 5.95. The predicted octanol–water partition coefficient (Wildman–Crippen LogP) is 2.50. The Balaban J connectivity index is 1.66. The van der Waals surface area contributed by atoms with Gasteiger partial charge < -0.3 is 14.3 Å². The third-order valence-electron chi connectivity index (χ3n) is 4.90. The molecule has 3 aromatic rings. The maximum Gasteiger partial charge on any atom is 0.255 e. The molecule has 0 bridgehead atoms. The van der Waals surface area contributed by atoms with Crippen LogP contribution in [0.3, 0.4) is 0 Å². The number of aromatic nitrogens is 3. The lowest BCUT2D eigenvalue weighted by Gasteiger charge is -2.29. The second-order valence-electron chi connectivity index (χ2n) is 6.91. The van der Waals surface area contributed by atoms with Crippen molar-refractivity contribution in [1.29, 1.82) is 0 Å². The summed E-state index contributed by atoms with van der Waals surface area (Å²) < 4.78 is 5.40. The maximum atomic E-state index is 13.2. The summed E-state index contributed by atoms with van der Waals surface area (Å²) in [5.74, 6) is 0.564. The summed E-state index contributed by atoms with van der Waals surface area (Å²) >= 11 is 0. The highest BCUT2D eigenvalue weighted by atomic mass is 16.5. The molecule has 1 fully saturated rings. The summed E-state index contributed by atoms with van der Waals surface area (Å²) in [5, 5.41) is 3.88. The number of pyridine rings is 1. The Bertz CT molecular complexity index is 990. The standard InChI is InChI=1S/C21H21N5O3/c1-15-23-19(29-24-15)18-14-25(20(27)17-9-5-10-22-13-17)11-6-12-26(18)21(28)16-7-3-2-4-8-16/h2-5,7-10,13,18H,6,11-12,14H2,1H3. The molecular formula is C21H21N5O3. The zero-order chi connectivity index (χ0) is 20.2. The molecular weight excluding hydrogens is 370 g/mol. The summed E-state index contributed by atoms with van der Waals surface area (Å²) in [6, 6.07) is 12.0. The van der Waals surface area contributed by atoms with Crippen LogP contribution in [0.1, 0.15) is 44.9 Å². The molecule has 1 atom stereocenters. The van der Waals surface area contributed by atoms with Gasteiger partial charge in [-0.15, -0.1) is 0 Å². The van der Waals surface area contributed by atoms with E-state index in [0.29, 0.717) is 42.4 Å². The van der Waals surface area contributed by atoms with Gasteiger partial charge in [0.1, 0.15) is 6.04 Å².